The van der Waals surface area contributed by atoms with Gasteiger partial charge >= 0.3 is 0 Å². The Kier molecular flexibility index (Phi) is 6.23. The van der Waals surface area contributed by atoms with Crippen molar-refractivity contribution in [1.29, 1.82) is 0 Å². The van der Waals surface area contributed by atoms with Crippen LogP contribution in [0.25, 0.3) is 0 Å². The highest BCUT2D eigenvalue weighted by Gasteiger charge is 2.17. The Labute approximate surface area is 140 Å². The number of rotatable bonds is 6. The van der Waals surface area contributed by atoms with E-state index in [1.807, 2.05) is 48.3 Å². The summed E-state index contributed by atoms with van der Waals surface area (Å²) in [5.74, 6) is 0.478. The summed E-state index contributed by atoms with van der Waals surface area (Å²) in [4.78, 5) is 14.3. The van der Waals surface area contributed by atoms with Gasteiger partial charge in [0.05, 0.1) is 0 Å². The van der Waals surface area contributed by atoms with Crippen LogP contribution in [0.1, 0.15) is 28.3 Å². The molecule has 110 valence electrons. The van der Waals surface area contributed by atoms with Gasteiger partial charge in [-0.25, -0.2) is 0 Å². The maximum absolute atomic E-state index is 12.4. The molecule has 0 spiro atoms. The number of halogens is 1. The third kappa shape index (κ3) is 4.56. The zero-order valence-corrected chi connectivity index (χ0v) is 14.4. The molecule has 3 heteroatoms. The number of likely N-dealkylation sites (N-methyl/N-ethyl adjacent to an activating group) is 1. The van der Waals surface area contributed by atoms with Crippen molar-refractivity contribution < 1.29 is 4.79 Å². The summed E-state index contributed by atoms with van der Waals surface area (Å²) in [6.07, 6.45) is 1.08. The van der Waals surface area contributed by atoms with Gasteiger partial charge in [-0.15, -0.1) is 0 Å². The Hall–Kier alpha value is -1.36. The van der Waals surface area contributed by atoms with E-state index in [4.69, 9.17) is 0 Å². The second-order valence-electron chi connectivity index (χ2n) is 5.14. The molecule has 1 unspecified atom stereocenters. The Morgan fingerprint density at radius 3 is 2.19 bits per heavy atom. The quantitative estimate of drug-likeness (QED) is 0.527. The van der Waals surface area contributed by atoms with Crippen LogP contribution in [0.15, 0.2) is 60.7 Å². The van der Waals surface area contributed by atoms with Crippen LogP contribution in [0.4, 0.5) is 0 Å². The maximum atomic E-state index is 12.4. The summed E-state index contributed by atoms with van der Waals surface area (Å²) >= 11 is 2.40. The molecular weight excluding hydrogens is 373 g/mol. The van der Waals surface area contributed by atoms with E-state index in [1.165, 1.54) is 5.56 Å². The van der Waals surface area contributed by atoms with E-state index in [-0.39, 0.29) is 5.91 Å². The van der Waals surface area contributed by atoms with Crippen molar-refractivity contribution in [2.24, 2.45) is 0 Å². The van der Waals surface area contributed by atoms with E-state index in [1.54, 1.807) is 0 Å². The zero-order valence-electron chi connectivity index (χ0n) is 12.2. The van der Waals surface area contributed by atoms with Crippen LogP contribution >= 0.6 is 22.6 Å². The van der Waals surface area contributed by atoms with Gasteiger partial charge < -0.3 is 4.90 Å². The molecule has 0 aliphatic rings. The van der Waals surface area contributed by atoms with Crippen LogP contribution < -0.4 is 0 Å². The lowest BCUT2D eigenvalue weighted by Gasteiger charge is -2.24. The highest BCUT2D eigenvalue weighted by Crippen LogP contribution is 2.22. The molecule has 2 aromatic carbocycles. The number of carbonyl (C=O) groups excluding carboxylic acids is 1. The van der Waals surface area contributed by atoms with Gasteiger partial charge in [-0.2, -0.15) is 0 Å². The first kappa shape index (κ1) is 16.0. The van der Waals surface area contributed by atoms with Gasteiger partial charge in [-0.3, -0.25) is 4.79 Å². The van der Waals surface area contributed by atoms with E-state index < -0.39 is 0 Å². The van der Waals surface area contributed by atoms with E-state index in [2.05, 4.69) is 46.9 Å². The first-order valence-corrected chi connectivity index (χ1v) is 8.66. The van der Waals surface area contributed by atoms with Crippen molar-refractivity contribution >= 4 is 28.5 Å². The Bertz CT molecular complexity index is 556. The third-order valence-electron chi connectivity index (χ3n) is 3.59. The van der Waals surface area contributed by atoms with Crippen LogP contribution in [0.5, 0.6) is 0 Å². The molecule has 0 heterocycles. The minimum Gasteiger partial charge on any atom is -0.341 e. The largest absolute Gasteiger partial charge is 0.341 e. The van der Waals surface area contributed by atoms with E-state index >= 15 is 0 Å². The van der Waals surface area contributed by atoms with Gasteiger partial charge in [0.1, 0.15) is 0 Å². The number of carbonyl (C=O) groups is 1. The molecule has 1 amide bonds. The number of benzene rings is 2. The van der Waals surface area contributed by atoms with Crippen LogP contribution in [0, 0.1) is 0 Å². The molecule has 0 aromatic heterocycles. The predicted octanol–water partition coefficient (Wildman–Crippen LogP) is 4.37. The molecule has 0 saturated heterocycles. The summed E-state index contributed by atoms with van der Waals surface area (Å²) in [6.45, 7) is 0.751. The number of amides is 1. The van der Waals surface area contributed by atoms with Gasteiger partial charge in [0.2, 0.25) is 0 Å². The van der Waals surface area contributed by atoms with Crippen molar-refractivity contribution in [3.8, 4) is 0 Å². The van der Waals surface area contributed by atoms with Gasteiger partial charge in [0, 0.05) is 29.5 Å². The molecule has 0 aliphatic heterocycles. The molecule has 0 N–H and O–H groups in total. The first-order chi connectivity index (χ1) is 10.2. The molecule has 0 bridgehead atoms. The topological polar surface area (TPSA) is 20.3 Å². The fourth-order valence-electron chi connectivity index (χ4n) is 2.43. The molecule has 21 heavy (non-hydrogen) atoms. The average Bonchev–Trinajstić information content (AvgIpc) is 2.55. The summed E-state index contributed by atoms with van der Waals surface area (Å²) in [5.41, 5.74) is 2.06. The zero-order chi connectivity index (χ0) is 15.1. The predicted molar refractivity (Wildman–Crippen MR) is 96.1 cm³/mol. The summed E-state index contributed by atoms with van der Waals surface area (Å²) in [6, 6.07) is 19.9. The number of hydrogen-bond acceptors (Lipinski definition) is 1. The Morgan fingerprint density at radius 2 is 1.62 bits per heavy atom. The standard InChI is InChI=1S/C18H20INO/c1-20(18(21)16-10-6-3-7-11-16)14-17(12-13-19)15-8-4-2-5-9-15/h2-11,17H,12-14H2,1H3. The lowest BCUT2D eigenvalue weighted by atomic mass is 9.96. The molecule has 2 aromatic rings. The molecule has 0 saturated carbocycles. The van der Waals surface area contributed by atoms with Crippen molar-refractivity contribution in [3.63, 3.8) is 0 Å². The van der Waals surface area contributed by atoms with Gasteiger partial charge in [0.15, 0.2) is 0 Å². The maximum Gasteiger partial charge on any atom is 0.253 e. The number of hydrogen-bond donors (Lipinski definition) is 0. The van der Waals surface area contributed by atoms with Crippen LogP contribution in [-0.2, 0) is 0 Å². The molecule has 0 fully saturated rings. The SMILES string of the molecule is CN(CC(CCI)c1ccccc1)C(=O)c1ccccc1. The van der Waals surface area contributed by atoms with Crippen molar-refractivity contribution in [3.05, 3.63) is 71.8 Å². The lowest BCUT2D eigenvalue weighted by molar-refractivity contribution is 0.0785. The fourth-order valence-corrected chi connectivity index (χ4v) is 3.19. The van der Waals surface area contributed by atoms with Gasteiger partial charge in [-0.1, -0.05) is 71.1 Å². The summed E-state index contributed by atoms with van der Waals surface area (Å²) in [5, 5.41) is 0. The number of alkyl halides is 1. The third-order valence-corrected chi connectivity index (χ3v) is 4.21. The molecule has 0 radical (unpaired) electrons. The second kappa shape index (κ2) is 8.17. The smallest absolute Gasteiger partial charge is 0.253 e. The number of nitrogens with zero attached hydrogens (tertiary/aromatic N) is 1. The van der Waals surface area contributed by atoms with Crippen molar-refractivity contribution in [1.82, 2.24) is 4.90 Å². The van der Waals surface area contributed by atoms with Crippen LogP contribution in [-0.4, -0.2) is 28.8 Å². The van der Waals surface area contributed by atoms with Crippen molar-refractivity contribution in [2.75, 3.05) is 18.0 Å². The molecule has 1 atom stereocenters. The highest BCUT2D eigenvalue weighted by atomic mass is 127. The first-order valence-electron chi connectivity index (χ1n) is 7.13. The summed E-state index contributed by atoms with van der Waals surface area (Å²) in [7, 11) is 1.89. The molecular formula is C18H20INO. The molecule has 0 aliphatic carbocycles. The second-order valence-corrected chi connectivity index (χ2v) is 6.22. The normalized spacial score (nSPS) is 11.9. The fraction of sp³-hybridized carbons (Fsp3) is 0.278. The van der Waals surface area contributed by atoms with Crippen LogP contribution in [0.3, 0.4) is 0 Å². The minimum absolute atomic E-state index is 0.0880. The van der Waals surface area contributed by atoms with E-state index in [0.29, 0.717) is 5.92 Å². The Balaban J connectivity index is 2.08. The van der Waals surface area contributed by atoms with Gasteiger partial charge in [-0.05, 0) is 24.1 Å². The Morgan fingerprint density at radius 1 is 1.05 bits per heavy atom. The van der Waals surface area contributed by atoms with E-state index in [9.17, 15) is 4.79 Å². The molecule has 2 rings (SSSR count). The molecule has 2 nitrogen and oxygen atoms in total. The van der Waals surface area contributed by atoms with Crippen molar-refractivity contribution in [2.45, 2.75) is 12.3 Å². The minimum atomic E-state index is 0.0880. The highest BCUT2D eigenvalue weighted by molar-refractivity contribution is 14.1. The van der Waals surface area contributed by atoms with Crippen LogP contribution in [0.2, 0.25) is 0 Å². The summed E-state index contributed by atoms with van der Waals surface area (Å²) < 4.78 is 1.09. The van der Waals surface area contributed by atoms with Gasteiger partial charge in [0.25, 0.3) is 5.91 Å². The monoisotopic (exact) mass is 393 g/mol. The lowest BCUT2D eigenvalue weighted by Crippen LogP contribution is -2.31. The van der Waals surface area contributed by atoms with E-state index in [0.717, 1.165) is 23.0 Å². The average molecular weight is 393 g/mol.